The lowest BCUT2D eigenvalue weighted by atomic mass is 9.73. The summed E-state index contributed by atoms with van der Waals surface area (Å²) in [6.07, 6.45) is 8.37. The molecule has 2 aliphatic rings. The molecule has 218 valence electrons. The van der Waals surface area contributed by atoms with Gasteiger partial charge >= 0.3 is 5.97 Å². The molecule has 0 spiro atoms. The number of Topliss-reactive ketones (excluding diaryl/α,β-unsaturated/α-hetero) is 1. The van der Waals surface area contributed by atoms with Crippen LogP contribution in [0.5, 0.6) is 0 Å². The van der Waals surface area contributed by atoms with Gasteiger partial charge in [0, 0.05) is 37.3 Å². The fraction of sp³-hybridized carbons (Fsp3) is 0.548. The summed E-state index contributed by atoms with van der Waals surface area (Å²) in [7, 11) is 0. The smallest absolute Gasteiger partial charge is 0.317 e. The quantitative estimate of drug-likeness (QED) is 0.306. The van der Waals surface area contributed by atoms with Crippen molar-refractivity contribution in [2.24, 2.45) is 11.8 Å². The molecule has 1 aliphatic carbocycles. The minimum atomic E-state index is -1.02. The van der Waals surface area contributed by atoms with Crippen LogP contribution in [-0.4, -0.2) is 49.4 Å². The van der Waals surface area contributed by atoms with Crippen LogP contribution in [0, 0.1) is 24.6 Å². The minimum absolute atomic E-state index is 0.0644. The molecule has 10 heteroatoms. The van der Waals surface area contributed by atoms with E-state index in [1.54, 1.807) is 36.8 Å². The van der Waals surface area contributed by atoms with Gasteiger partial charge in [-0.05, 0) is 76.5 Å². The van der Waals surface area contributed by atoms with Crippen molar-refractivity contribution < 1.29 is 23.5 Å². The van der Waals surface area contributed by atoms with Gasteiger partial charge < -0.3 is 10.1 Å². The van der Waals surface area contributed by atoms with Crippen molar-refractivity contribution in [2.75, 3.05) is 6.54 Å². The number of ketones is 1. The average molecular weight is 564 g/mol. The molecule has 0 bridgehead atoms. The zero-order valence-electron chi connectivity index (χ0n) is 24.2. The number of nitrogens with one attached hydrogen (secondary N) is 1. The van der Waals surface area contributed by atoms with Crippen LogP contribution < -0.4 is 5.32 Å². The van der Waals surface area contributed by atoms with Crippen molar-refractivity contribution >= 4 is 23.4 Å². The Morgan fingerprint density at radius 3 is 2.68 bits per heavy atom. The first kappa shape index (κ1) is 28.8. The lowest BCUT2D eigenvalue weighted by molar-refractivity contribution is -0.185. The van der Waals surface area contributed by atoms with E-state index in [9.17, 15) is 14.4 Å². The Morgan fingerprint density at radius 2 is 2.00 bits per heavy atom. The number of esters is 1. The Balaban J connectivity index is 1.32. The Morgan fingerprint density at radius 1 is 1.24 bits per heavy atom. The molecular formula is C31H38FN5O4. The fourth-order valence-electron chi connectivity index (χ4n) is 6.35. The number of aryl methyl sites for hydroxylation is 2. The molecule has 2 fully saturated rings. The molecule has 1 saturated heterocycles. The highest BCUT2D eigenvalue weighted by Gasteiger charge is 2.51. The number of hydrogen-bond donors (Lipinski definition) is 1. The molecule has 1 amide bonds. The monoisotopic (exact) mass is 563 g/mol. The molecule has 3 heterocycles. The van der Waals surface area contributed by atoms with Crippen LogP contribution in [0.15, 0.2) is 30.6 Å². The molecule has 2 unspecified atom stereocenters. The number of hydrogen-bond acceptors (Lipinski definition) is 7. The molecule has 2 aromatic heterocycles. The van der Waals surface area contributed by atoms with Crippen molar-refractivity contribution in [3.63, 3.8) is 0 Å². The third-order valence-electron chi connectivity index (χ3n) is 8.75. The van der Waals surface area contributed by atoms with Crippen molar-refractivity contribution in [1.82, 2.24) is 24.9 Å². The summed E-state index contributed by atoms with van der Waals surface area (Å²) in [5, 5.41) is 7.17. The Labute approximate surface area is 239 Å². The van der Waals surface area contributed by atoms with Crippen LogP contribution in [0.4, 0.5) is 4.39 Å². The highest BCUT2D eigenvalue weighted by molar-refractivity contribution is 6.01. The Hall–Kier alpha value is -3.69. The average Bonchev–Trinajstić information content (AvgIpc) is 3.60. The van der Waals surface area contributed by atoms with Crippen LogP contribution in [0.3, 0.4) is 0 Å². The minimum Gasteiger partial charge on any atom is -0.458 e. The number of aromatic nitrogens is 4. The van der Waals surface area contributed by atoms with Gasteiger partial charge in [0.15, 0.2) is 11.6 Å². The standard InChI is InChI=1S/C31H38FN5O4/c1-5-33-28(40)30(3,4)23-11-10-20(14-24(23)32)12-13-31(21-8-6-7-9-21)16-25(38)22(27(39)41-31)15-26-35-29-34-17-19(2)18-37(29)36-26/h10-11,14,17-18,21-22H,5-9,12-13,15-16H2,1-4H3,(H,33,40). The van der Waals surface area contributed by atoms with E-state index < -0.39 is 28.7 Å². The van der Waals surface area contributed by atoms with Crippen LogP contribution in [0.2, 0.25) is 0 Å². The molecule has 5 rings (SSSR count). The number of halogens is 1. The van der Waals surface area contributed by atoms with Crippen molar-refractivity contribution in [1.29, 1.82) is 0 Å². The molecule has 3 aromatic rings. The maximum Gasteiger partial charge on any atom is 0.317 e. The first-order valence-corrected chi connectivity index (χ1v) is 14.5. The summed E-state index contributed by atoms with van der Waals surface area (Å²) in [6.45, 7) is 7.60. The van der Waals surface area contributed by atoms with E-state index in [1.807, 2.05) is 19.9 Å². The fourth-order valence-corrected chi connectivity index (χ4v) is 6.35. The van der Waals surface area contributed by atoms with Crippen LogP contribution in [-0.2, 0) is 37.4 Å². The lowest BCUT2D eigenvalue weighted by Crippen LogP contribution is -2.52. The molecule has 1 aromatic carbocycles. The zero-order chi connectivity index (χ0) is 29.4. The van der Waals surface area contributed by atoms with Gasteiger partial charge in [0.1, 0.15) is 17.3 Å². The van der Waals surface area contributed by atoms with Crippen LogP contribution in [0.25, 0.3) is 5.78 Å². The number of likely N-dealkylation sites (N-methyl/N-ethyl adjacent to an activating group) is 1. The summed E-state index contributed by atoms with van der Waals surface area (Å²) >= 11 is 0. The van der Waals surface area contributed by atoms with Gasteiger partial charge in [-0.1, -0.05) is 25.0 Å². The maximum absolute atomic E-state index is 15.3. The van der Waals surface area contributed by atoms with Gasteiger partial charge in [-0.2, -0.15) is 4.98 Å². The van der Waals surface area contributed by atoms with Crippen molar-refractivity contribution in [2.45, 2.75) is 90.1 Å². The molecule has 0 radical (unpaired) electrons. The van der Waals surface area contributed by atoms with E-state index in [0.29, 0.717) is 36.6 Å². The molecule has 2 atom stereocenters. The van der Waals surface area contributed by atoms with Crippen LogP contribution in [0.1, 0.15) is 81.8 Å². The van der Waals surface area contributed by atoms with Gasteiger partial charge in [-0.3, -0.25) is 14.4 Å². The number of ether oxygens (including phenoxy) is 1. The highest BCUT2D eigenvalue weighted by Crippen LogP contribution is 2.45. The predicted molar refractivity (Wildman–Crippen MR) is 150 cm³/mol. The number of nitrogens with zero attached hydrogens (tertiary/aromatic N) is 4. The number of benzene rings is 1. The van der Waals surface area contributed by atoms with Gasteiger partial charge in [0.25, 0.3) is 5.78 Å². The molecule has 9 nitrogen and oxygen atoms in total. The largest absolute Gasteiger partial charge is 0.458 e. The highest BCUT2D eigenvalue weighted by atomic mass is 19.1. The topological polar surface area (TPSA) is 116 Å². The van der Waals surface area contributed by atoms with E-state index >= 15 is 4.39 Å². The van der Waals surface area contributed by atoms with E-state index in [0.717, 1.165) is 36.8 Å². The number of cyclic esters (lactones) is 1. The van der Waals surface area contributed by atoms with Gasteiger partial charge in [-0.15, -0.1) is 5.10 Å². The van der Waals surface area contributed by atoms with E-state index in [-0.39, 0.29) is 30.4 Å². The zero-order valence-corrected chi connectivity index (χ0v) is 24.2. The normalized spacial score (nSPS) is 21.8. The number of rotatable bonds is 9. The summed E-state index contributed by atoms with van der Waals surface area (Å²) in [5.74, 6) is -1.49. The van der Waals surface area contributed by atoms with Crippen molar-refractivity contribution in [3.05, 3.63) is 58.9 Å². The van der Waals surface area contributed by atoms with E-state index in [2.05, 4.69) is 20.4 Å². The SMILES string of the molecule is CCNC(=O)C(C)(C)c1ccc(CCC2(C3CCCC3)CC(=O)C(Cc3nc4ncc(C)cn4n3)C(=O)O2)cc1F. The van der Waals surface area contributed by atoms with E-state index in [1.165, 1.54) is 6.07 Å². The van der Waals surface area contributed by atoms with Crippen LogP contribution >= 0.6 is 0 Å². The Kier molecular flexibility index (Phi) is 7.94. The summed E-state index contributed by atoms with van der Waals surface area (Å²) in [5.41, 5.74) is 0.0445. The third-order valence-corrected chi connectivity index (χ3v) is 8.75. The molecular weight excluding hydrogens is 525 g/mol. The first-order valence-electron chi connectivity index (χ1n) is 14.5. The molecule has 41 heavy (non-hydrogen) atoms. The number of amides is 1. The third kappa shape index (κ3) is 5.74. The Bertz CT molecular complexity index is 1460. The number of fused-ring (bicyclic) bond motifs is 1. The second-order valence-corrected chi connectivity index (χ2v) is 12.1. The molecule has 1 N–H and O–H groups in total. The maximum atomic E-state index is 15.3. The summed E-state index contributed by atoms with van der Waals surface area (Å²) in [6, 6.07) is 4.94. The van der Waals surface area contributed by atoms with E-state index in [4.69, 9.17) is 4.74 Å². The second-order valence-electron chi connectivity index (χ2n) is 12.1. The van der Waals surface area contributed by atoms with Gasteiger partial charge in [0.2, 0.25) is 5.91 Å². The number of carbonyl (C=O) groups is 3. The molecule has 1 aliphatic heterocycles. The second kappa shape index (κ2) is 11.3. The summed E-state index contributed by atoms with van der Waals surface area (Å²) in [4.78, 5) is 48.0. The van der Waals surface area contributed by atoms with Gasteiger partial charge in [-0.25, -0.2) is 13.9 Å². The number of carbonyl (C=O) groups excluding carboxylic acids is 3. The summed E-state index contributed by atoms with van der Waals surface area (Å²) < 4.78 is 23.0. The predicted octanol–water partition coefficient (Wildman–Crippen LogP) is 4.22. The lowest BCUT2D eigenvalue weighted by Gasteiger charge is -2.43. The van der Waals surface area contributed by atoms with Crippen molar-refractivity contribution in [3.8, 4) is 0 Å². The molecule has 1 saturated carbocycles. The van der Waals surface area contributed by atoms with Gasteiger partial charge in [0.05, 0.1) is 5.41 Å². The first-order chi connectivity index (χ1) is 19.5.